The largest absolute Gasteiger partial charge is 0.468 e. The second kappa shape index (κ2) is 7.71. The van der Waals surface area contributed by atoms with Crippen LogP contribution in [0.25, 0.3) is 0 Å². The third kappa shape index (κ3) is 4.66. The van der Waals surface area contributed by atoms with Gasteiger partial charge in [0.1, 0.15) is 5.76 Å². The maximum absolute atomic E-state index is 5.33. The zero-order chi connectivity index (χ0) is 13.5. The SMILES string of the molecule is CCC1CCCN(C(C)CNCc2ccco2)CC1. The first kappa shape index (κ1) is 14.6. The van der Waals surface area contributed by atoms with Crippen molar-refractivity contribution in [3.63, 3.8) is 0 Å². The Morgan fingerprint density at radius 3 is 3.05 bits per heavy atom. The van der Waals surface area contributed by atoms with Gasteiger partial charge in [-0.05, 0) is 57.3 Å². The highest BCUT2D eigenvalue weighted by Gasteiger charge is 2.19. The molecule has 2 rings (SSSR count). The molecule has 1 saturated heterocycles. The number of likely N-dealkylation sites (tertiary alicyclic amines) is 1. The van der Waals surface area contributed by atoms with E-state index in [0.29, 0.717) is 6.04 Å². The summed E-state index contributed by atoms with van der Waals surface area (Å²) in [5.74, 6) is 1.97. The Hall–Kier alpha value is -0.800. The lowest BCUT2D eigenvalue weighted by Gasteiger charge is -2.27. The van der Waals surface area contributed by atoms with Crippen LogP contribution < -0.4 is 5.32 Å². The van der Waals surface area contributed by atoms with Crippen molar-refractivity contribution in [3.8, 4) is 0 Å². The van der Waals surface area contributed by atoms with E-state index in [4.69, 9.17) is 4.42 Å². The Bertz CT molecular complexity index is 337. The van der Waals surface area contributed by atoms with Crippen LogP contribution in [-0.4, -0.2) is 30.6 Å². The third-order valence-electron chi connectivity index (χ3n) is 4.40. The average molecular weight is 264 g/mol. The van der Waals surface area contributed by atoms with Crippen LogP contribution >= 0.6 is 0 Å². The molecule has 0 bridgehead atoms. The van der Waals surface area contributed by atoms with Crippen molar-refractivity contribution >= 4 is 0 Å². The molecule has 108 valence electrons. The van der Waals surface area contributed by atoms with Crippen molar-refractivity contribution in [1.82, 2.24) is 10.2 Å². The van der Waals surface area contributed by atoms with Gasteiger partial charge in [-0.25, -0.2) is 0 Å². The summed E-state index contributed by atoms with van der Waals surface area (Å²) in [6, 6.07) is 4.58. The first-order chi connectivity index (χ1) is 9.29. The van der Waals surface area contributed by atoms with E-state index in [1.165, 1.54) is 38.8 Å². The molecule has 1 N–H and O–H groups in total. The van der Waals surface area contributed by atoms with Crippen molar-refractivity contribution in [2.75, 3.05) is 19.6 Å². The number of rotatable bonds is 6. The first-order valence-corrected chi connectivity index (χ1v) is 7.76. The predicted molar refractivity (Wildman–Crippen MR) is 79.1 cm³/mol. The number of hydrogen-bond donors (Lipinski definition) is 1. The van der Waals surface area contributed by atoms with Gasteiger partial charge in [-0.2, -0.15) is 0 Å². The molecule has 0 radical (unpaired) electrons. The monoisotopic (exact) mass is 264 g/mol. The lowest BCUT2D eigenvalue weighted by Crippen LogP contribution is -2.40. The molecule has 3 heteroatoms. The second-order valence-corrected chi connectivity index (χ2v) is 5.80. The minimum atomic E-state index is 0.616. The van der Waals surface area contributed by atoms with E-state index in [2.05, 4.69) is 24.1 Å². The summed E-state index contributed by atoms with van der Waals surface area (Å²) in [5, 5.41) is 3.50. The number of nitrogens with zero attached hydrogens (tertiary/aromatic N) is 1. The van der Waals surface area contributed by atoms with Gasteiger partial charge in [-0.3, -0.25) is 4.90 Å². The molecule has 0 aromatic carbocycles. The highest BCUT2D eigenvalue weighted by Crippen LogP contribution is 2.21. The van der Waals surface area contributed by atoms with Gasteiger partial charge in [0.2, 0.25) is 0 Å². The standard InChI is InChI=1S/C16H28N2O/c1-3-15-6-4-9-18(10-8-15)14(2)12-17-13-16-7-5-11-19-16/h5,7,11,14-15,17H,3-4,6,8-10,12-13H2,1-2H3. The smallest absolute Gasteiger partial charge is 0.117 e. The van der Waals surface area contributed by atoms with E-state index >= 15 is 0 Å². The molecule has 1 aliphatic heterocycles. The van der Waals surface area contributed by atoms with Gasteiger partial charge in [0, 0.05) is 12.6 Å². The second-order valence-electron chi connectivity index (χ2n) is 5.80. The predicted octanol–water partition coefficient (Wildman–Crippen LogP) is 3.27. The fourth-order valence-corrected chi connectivity index (χ4v) is 2.98. The van der Waals surface area contributed by atoms with Gasteiger partial charge >= 0.3 is 0 Å². The normalized spacial score (nSPS) is 23.2. The van der Waals surface area contributed by atoms with E-state index in [9.17, 15) is 0 Å². The van der Waals surface area contributed by atoms with Crippen LogP contribution in [0.2, 0.25) is 0 Å². The lowest BCUT2D eigenvalue weighted by atomic mass is 9.98. The molecule has 0 aliphatic carbocycles. The quantitative estimate of drug-likeness (QED) is 0.855. The molecule has 1 aromatic heterocycles. The van der Waals surface area contributed by atoms with Crippen LogP contribution in [-0.2, 0) is 6.54 Å². The van der Waals surface area contributed by atoms with Gasteiger partial charge < -0.3 is 9.73 Å². The topological polar surface area (TPSA) is 28.4 Å². The Morgan fingerprint density at radius 2 is 2.32 bits per heavy atom. The van der Waals surface area contributed by atoms with E-state index < -0.39 is 0 Å². The van der Waals surface area contributed by atoms with Gasteiger partial charge in [-0.15, -0.1) is 0 Å². The van der Waals surface area contributed by atoms with Gasteiger partial charge in [-0.1, -0.05) is 13.3 Å². The number of furan rings is 1. The molecule has 1 aromatic rings. The van der Waals surface area contributed by atoms with Crippen LogP contribution in [0.1, 0.15) is 45.3 Å². The van der Waals surface area contributed by atoms with Crippen LogP contribution in [0.5, 0.6) is 0 Å². The Labute approximate surface area is 117 Å². The Morgan fingerprint density at radius 1 is 1.42 bits per heavy atom. The summed E-state index contributed by atoms with van der Waals surface area (Å²) in [4.78, 5) is 2.64. The molecular formula is C16H28N2O. The number of nitrogens with one attached hydrogen (secondary N) is 1. The molecule has 2 atom stereocenters. The van der Waals surface area contributed by atoms with Crippen molar-refractivity contribution in [2.45, 2.75) is 52.1 Å². The lowest BCUT2D eigenvalue weighted by molar-refractivity contribution is 0.208. The maximum Gasteiger partial charge on any atom is 0.117 e. The van der Waals surface area contributed by atoms with Gasteiger partial charge in [0.05, 0.1) is 12.8 Å². The first-order valence-electron chi connectivity index (χ1n) is 7.76. The van der Waals surface area contributed by atoms with Crippen LogP contribution in [0.3, 0.4) is 0 Å². The molecule has 0 amide bonds. The molecule has 3 nitrogen and oxygen atoms in total. The van der Waals surface area contributed by atoms with Crippen molar-refractivity contribution in [3.05, 3.63) is 24.2 Å². The molecule has 2 unspecified atom stereocenters. The van der Waals surface area contributed by atoms with E-state index in [0.717, 1.165) is 24.8 Å². The van der Waals surface area contributed by atoms with E-state index in [1.807, 2.05) is 12.1 Å². The highest BCUT2D eigenvalue weighted by atomic mass is 16.3. The summed E-state index contributed by atoms with van der Waals surface area (Å²) in [5.41, 5.74) is 0. The van der Waals surface area contributed by atoms with Crippen LogP contribution in [0, 0.1) is 5.92 Å². The zero-order valence-corrected chi connectivity index (χ0v) is 12.4. The van der Waals surface area contributed by atoms with Crippen LogP contribution in [0.15, 0.2) is 22.8 Å². The molecular weight excluding hydrogens is 236 g/mol. The molecule has 0 spiro atoms. The molecule has 1 fully saturated rings. The molecule has 0 saturated carbocycles. The molecule has 19 heavy (non-hydrogen) atoms. The van der Waals surface area contributed by atoms with Crippen molar-refractivity contribution in [2.24, 2.45) is 5.92 Å². The fourth-order valence-electron chi connectivity index (χ4n) is 2.98. The minimum Gasteiger partial charge on any atom is -0.468 e. The van der Waals surface area contributed by atoms with Gasteiger partial charge in [0.25, 0.3) is 0 Å². The van der Waals surface area contributed by atoms with Crippen LogP contribution in [0.4, 0.5) is 0 Å². The summed E-state index contributed by atoms with van der Waals surface area (Å²) >= 11 is 0. The highest BCUT2D eigenvalue weighted by molar-refractivity contribution is 4.97. The van der Waals surface area contributed by atoms with E-state index in [-0.39, 0.29) is 0 Å². The van der Waals surface area contributed by atoms with Gasteiger partial charge in [0.15, 0.2) is 0 Å². The van der Waals surface area contributed by atoms with Crippen molar-refractivity contribution in [1.29, 1.82) is 0 Å². The molecule has 2 heterocycles. The zero-order valence-electron chi connectivity index (χ0n) is 12.4. The van der Waals surface area contributed by atoms with E-state index in [1.54, 1.807) is 6.26 Å². The summed E-state index contributed by atoms with van der Waals surface area (Å²) in [6.45, 7) is 9.07. The Balaban J connectivity index is 1.68. The maximum atomic E-state index is 5.33. The summed E-state index contributed by atoms with van der Waals surface area (Å²) in [6.07, 6.45) is 7.23. The minimum absolute atomic E-state index is 0.616. The number of hydrogen-bond acceptors (Lipinski definition) is 3. The molecule has 1 aliphatic rings. The average Bonchev–Trinajstić information content (AvgIpc) is 2.81. The summed E-state index contributed by atoms with van der Waals surface area (Å²) in [7, 11) is 0. The Kier molecular flexibility index (Phi) is 5.93. The van der Waals surface area contributed by atoms with Crippen molar-refractivity contribution < 1.29 is 4.42 Å². The third-order valence-corrected chi connectivity index (χ3v) is 4.40. The fraction of sp³-hybridized carbons (Fsp3) is 0.750. The summed E-state index contributed by atoms with van der Waals surface area (Å²) < 4.78 is 5.33.